The molecular formula is C11H6Br2N. The molecule has 2 rings (SSSR count). The number of pyridine rings is 1. The molecule has 0 aliphatic carbocycles. The van der Waals surface area contributed by atoms with Gasteiger partial charge in [-0.25, -0.2) is 0 Å². The Labute approximate surface area is 99.4 Å². The van der Waals surface area contributed by atoms with Gasteiger partial charge in [0.1, 0.15) is 0 Å². The molecule has 69 valence electrons. The lowest BCUT2D eigenvalue weighted by Gasteiger charge is -2.03. The molecule has 1 radical (unpaired) electrons. The Morgan fingerprint density at radius 1 is 1.14 bits per heavy atom. The van der Waals surface area contributed by atoms with Crippen molar-refractivity contribution in [2.45, 2.75) is 0 Å². The van der Waals surface area contributed by atoms with Crippen LogP contribution in [0.4, 0.5) is 0 Å². The second kappa shape index (κ2) is 4.24. The normalized spacial score (nSPS) is 10.1. The molecule has 3 heteroatoms. The van der Waals surface area contributed by atoms with Crippen molar-refractivity contribution < 1.29 is 0 Å². The Bertz CT molecular complexity index is 440. The number of aromatic nitrogens is 1. The van der Waals surface area contributed by atoms with E-state index < -0.39 is 0 Å². The summed E-state index contributed by atoms with van der Waals surface area (Å²) in [6.45, 7) is 0. The zero-order valence-corrected chi connectivity index (χ0v) is 10.3. The standard InChI is InChI=1S/C11H6Br2N/c12-9-1-2-10(11(13)7-9)8-3-5-14-6-4-8/h1-5,7H. The molecule has 0 spiro atoms. The number of benzene rings is 1. The monoisotopic (exact) mass is 310 g/mol. The second-order valence-corrected chi connectivity index (χ2v) is 4.57. The highest BCUT2D eigenvalue weighted by Crippen LogP contribution is 2.29. The van der Waals surface area contributed by atoms with E-state index in [2.05, 4.69) is 49.1 Å². The van der Waals surface area contributed by atoms with E-state index in [0.717, 1.165) is 20.1 Å². The number of nitrogens with zero attached hydrogens (tertiary/aromatic N) is 1. The zero-order valence-electron chi connectivity index (χ0n) is 7.17. The zero-order chi connectivity index (χ0) is 9.97. The Balaban J connectivity index is 2.53. The fourth-order valence-electron chi connectivity index (χ4n) is 1.21. The van der Waals surface area contributed by atoms with Crippen LogP contribution in [0.5, 0.6) is 0 Å². The molecule has 0 unspecified atom stereocenters. The summed E-state index contributed by atoms with van der Waals surface area (Å²) in [4.78, 5) is 3.87. The molecule has 0 fully saturated rings. The summed E-state index contributed by atoms with van der Waals surface area (Å²) in [5, 5.41) is 0. The maximum atomic E-state index is 3.87. The van der Waals surface area contributed by atoms with Crippen molar-refractivity contribution in [2.75, 3.05) is 0 Å². The van der Waals surface area contributed by atoms with Crippen molar-refractivity contribution in [3.63, 3.8) is 0 Å². The molecule has 0 bridgehead atoms. The topological polar surface area (TPSA) is 12.9 Å². The van der Waals surface area contributed by atoms with Crippen LogP contribution >= 0.6 is 31.9 Å². The maximum Gasteiger partial charge on any atom is 0.0892 e. The molecule has 0 atom stereocenters. The predicted octanol–water partition coefficient (Wildman–Crippen LogP) is 4.07. The first-order valence-corrected chi connectivity index (χ1v) is 5.63. The van der Waals surface area contributed by atoms with Gasteiger partial charge in [0.05, 0.1) is 6.20 Å². The highest BCUT2D eigenvalue weighted by molar-refractivity contribution is 9.11. The summed E-state index contributed by atoms with van der Waals surface area (Å²) in [6, 6.07) is 9.92. The third kappa shape index (κ3) is 2.04. The SMILES string of the molecule is Brc1ccc(-c2c[c]ncc2)c(Br)c1. The first-order chi connectivity index (χ1) is 6.77. The minimum atomic E-state index is 1.06. The Morgan fingerprint density at radius 2 is 2.00 bits per heavy atom. The molecule has 14 heavy (non-hydrogen) atoms. The van der Waals surface area contributed by atoms with Crippen LogP contribution in [0.2, 0.25) is 0 Å². The average molecular weight is 312 g/mol. The molecule has 0 N–H and O–H groups in total. The first-order valence-electron chi connectivity index (χ1n) is 4.05. The molecule has 0 saturated heterocycles. The summed E-state index contributed by atoms with van der Waals surface area (Å²) in [5.41, 5.74) is 2.26. The lowest BCUT2D eigenvalue weighted by Crippen LogP contribution is -1.80. The van der Waals surface area contributed by atoms with Gasteiger partial charge in [0.15, 0.2) is 0 Å². The molecule has 1 aromatic heterocycles. The Morgan fingerprint density at radius 3 is 2.64 bits per heavy atom. The molecule has 1 aromatic carbocycles. The van der Waals surface area contributed by atoms with Crippen molar-refractivity contribution in [1.82, 2.24) is 4.98 Å². The van der Waals surface area contributed by atoms with Gasteiger partial charge in [-0.05, 0) is 35.4 Å². The summed E-state index contributed by atoms with van der Waals surface area (Å²) in [5.74, 6) is 0. The van der Waals surface area contributed by atoms with Gasteiger partial charge in [0.2, 0.25) is 0 Å². The Kier molecular flexibility index (Phi) is 2.99. The van der Waals surface area contributed by atoms with E-state index in [-0.39, 0.29) is 0 Å². The number of hydrogen-bond donors (Lipinski definition) is 0. The summed E-state index contributed by atoms with van der Waals surface area (Å²) < 4.78 is 2.12. The number of halogens is 2. The van der Waals surface area contributed by atoms with Crippen molar-refractivity contribution in [1.29, 1.82) is 0 Å². The van der Waals surface area contributed by atoms with Crippen molar-refractivity contribution in [3.05, 3.63) is 51.7 Å². The molecule has 2 aromatic rings. The van der Waals surface area contributed by atoms with E-state index in [1.807, 2.05) is 24.3 Å². The molecule has 0 aliphatic heterocycles. The summed E-state index contributed by atoms with van der Waals surface area (Å²) >= 11 is 6.94. The Hall–Kier alpha value is -0.670. The van der Waals surface area contributed by atoms with Gasteiger partial charge in [-0.1, -0.05) is 37.9 Å². The van der Waals surface area contributed by atoms with Crippen LogP contribution in [0.3, 0.4) is 0 Å². The molecule has 1 heterocycles. The first kappa shape index (κ1) is 9.87. The minimum absolute atomic E-state index is 1.06. The van der Waals surface area contributed by atoms with Crippen LogP contribution in [-0.2, 0) is 0 Å². The lowest BCUT2D eigenvalue weighted by atomic mass is 10.1. The lowest BCUT2D eigenvalue weighted by molar-refractivity contribution is 1.31. The van der Waals surface area contributed by atoms with Gasteiger partial charge in [-0.3, -0.25) is 4.98 Å². The van der Waals surface area contributed by atoms with Crippen LogP contribution in [0.25, 0.3) is 11.1 Å². The average Bonchev–Trinajstić information content (AvgIpc) is 2.19. The summed E-state index contributed by atoms with van der Waals surface area (Å²) in [6.07, 6.45) is 4.56. The van der Waals surface area contributed by atoms with Crippen LogP contribution in [0.15, 0.2) is 45.5 Å². The van der Waals surface area contributed by atoms with E-state index in [4.69, 9.17) is 0 Å². The van der Waals surface area contributed by atoms with Gasteiger partial charge in [-0.15, -0.1) is 0 Å². The molecule has 0 saturated carbocycles. The second-order valence-electron chi connectivity index (χ2n) is 2.80. The van der Waals surface area contributed by atoms with E-state index >= 15 is 0 Å². The van der Waals surface area contributed by atoms with E-state index in [0.29, 0.717) is 0 Å². The third-order valence-electron chi connectivity index (χ3n) is 1.87. The van der Waals surface area contributed by atoms with Crippen LogP contribution < -0.4 is 0 Å². The fraction of sp³-hybridized carbons (Fsp3) is 0. The molecule has 0 aliphatic rings. The van der Waals surface area contributed by atoms with Crippen LogP contribution in [0.1, 0.15) is 0 Å². The van der Waals surface area contributed by atoms with E-state index in [9.17, 15) is 0 Å². The van der Waals surface area contributed by atoms with Gasteiger partial charge in [0.25, 0.3) is 0 Å². The van der Waals surface area contributed by atoms with Crippen LogP contribution in [-0.4, -0.2) is 4.98 Å². The third-order valence-corrected chi connectivity index (χ3v) is 3.01. The van der Waals surface area contributed by atoms with Gasteiger partial charge < -0.3 is 0 Å². The van der Waals surface area contributed by atoms with Crippen molar-refractivity contribution in [3.8, 4) is 11.1 Å². The van der Waals surface area contributed by atoms with Crippen molar-refractivity contribution >= 4 is 31.9 Å². The maximum absolute atomic E-state index is 3.87. The molecule has 1 nitrogen and oxygen atoms in total. The van der Waals surface area contributed by atoms with Gasteiger partial charge in [-0.2, -0.15) is 0 Å². The van der Waals surface area contributed by atoms with Crippen molar-refractivity contribution in [2.24, 2.45) is 0 Å². The fourth-order valence-corrected chi connectivity index (χ4v) is 2.48. The predicted molar refractivity (Wildman–Crippen MR) is 63.9 cm³/mol. The smallest absolute Gasteiger partial charge is 0.0892 e. The minimum Gasteiger partial charge on any atom is -0.255 e. The highest BCUT2D eigenvalue weighted by atomic mass is 79.9. The van der Waals surface area contributed by atoms with Gasteiger partial charge in [0, 0.05) is 15.1 Å². The quantitative estimate of drug-likeness (QED) is 0.773. The van der Waals surface area contributed by atoms with E-state index in [1.54, 1.807) is 6.20 Å². The molecule has 0 amide bonds. The van der Waals surface area contributed by atoms with Crippen LogP contribution in [0, 0.1) is 6.20 Å². The number of hydrogen-bond acceptors (Lipinski definition) is 1. The highest BCUT2D eigenvalue weighted by Gasteiger charge is 2.02. The van der Waals surface area contributed by atoms with Gasteiger partial charge >= 0.3 is 0 Å². The number of rotatable bonds is 1. The summed E-state index contributed by atoms with van der Waals surface area (Å²) in [7, 11) is 0. The largest absolute Gasteiger partial charge is 0.255 e. The molecular weight excluding hydrogens is 306 g/mol. The van der Waals surface area contributed by atoms with E-state index in [1.165, 1.54) is 0 Å².